The molecule has 3 aromatic rings. The number of carbonyl (C=O) groups is 1. The van der Waals surface area contributed by atoms with Gasteiger partial charge in [-0.05, 0) is 45.4 Å². The van der Waals surface area contributed by atoms with Crippen LogP contribution < -0.4 is 10.6 Å². The van der Waals surface area contributed by atoms with Gasteiger partial charge in [-0.15, -0.1) is 0 Å². The Kier molecular flexibility index (Phi) is 4.65. The molecular formula is C18H22N6O. The fourth-order valence-electron chi connectivity index (χ4n) is 2.83. The maximum absolute atomic E-state index is 12.6. The molecule has 0 saturated heterocycles. The molecule has 0 aliphatic heterocycles. The molecule has 25 heavy (non-hydrogen) atoms. The zero-order valence-corrected chi connectivity index (χ0v) is 14.9. The van der Waals surface area contributed by atoms with Gasteiger partial charge in [0.15, 0.2) is 5.65 Å². The number of anilines is 1. The molecule has 3 heterocycles. The van der Waals surface area contributed by atoms with Crippen molar-refractivity contribution >= 4 is 17.2 Å². The molecule has 0 saturated carbocycles. The third-order valence-corrected chi connectivity index (χ3v) is 4.04. The van der Waals surface area contributed by atoms with Crippen LogP contribution in [0.5, 0.6) is 0 Å². The van der Waals surface area contributed by atoms with Crippen LogP contribution in [0.2, 0.25) is 0 Å². The Morgan fingerprint density at radius 3 is 2.76 bits per heavy atom. The molecule has 0 unspecified atom stereocenters. The summed E-state index contributed by atoms with van der Waals surface area (Å²) in [5.74, 6) is -0.154. The van der Waals surface area contributed by atoms with E-state index in [2.05, 4.69) is 25.7 Å². The summed E-state index contributed by atoms with van der Waals surface area (Å²) in [5, 5.41) is 10.7. The van der Waals surface area contributed by atoms with Crippen LogP contribution in [0.25, 0.3) is 5.65 Å². The number of aryl methyl sites for hydroxylation is 4. The van der Waals surface area contributed by atoms with E-state index in [0.717, 1.165) is 22.6 Å². The topological polar surface area (TPSA) is 84.2 Å². The van der Waals surface area contributed by atoms with E-state index in [1.165, 1.54) is 0 Å². The minimum atomic E-state index is -0.154. The van der Waals surface area contributed by atoms with Crippen molar-refractivity contribution in [3.8, 4) is 0 Å². The summed E-state index contributed by atoms with van der Waals surface area (Å²) in [4.78, 5) is 21.1. The second kappa shape index (κ2) is 6.88. The predicted octanol–water partition coefficient (Wildman–Crippen LogP) is 2.20. The fourth-order valence-corrected chi connectivity index (χ4v) is 2.83. The molecule has 7 nitrogen and oxygen atoms in total. The van der Waals surface area contributed by atoms with E-state index in [4.69, 9.17) is 0 Å². The molecule has 1 amide bonds. The van der Waals surface area contributed by atoms with Crippen molar-refractivity contribution in [1.82, 2.24) is 24.9 Å². The van der Waals surface area contributed by atoms with Crippen LogP contribution in [0.4, 0.5) is 5.69 Å². The number of carbonyl (C=O) groups excluding carboxylic acids is 1. The van der Waals surface area contributed by atoms with Gasteiger partial charge in [-0.1, -0.05) is 0 Å². The molecule has 0 aromatic carbocycles. The van der Waals surface area contributed by atoms with Crippen molar-refractivity contribution in [3.63, 3.8) is 0 Å². The Morgan fingerprint density at radius 2 is 2.00 bits per heavy atom. The number of amides is 1. The molecule has 2 N–H and O–H groups in total. The second-order valence-electron chi connectivity index (χ2n) is 6.11. The van der Waals surface area contributed by atoms with Crippen molar-refractivity contribution in [2.75, 3.05) is 18.4 Å². The van der Waals surface area contributed by atoms with Gasteiger partial charge in [-0.3, -0.25) is 9.78 Å². The van der Waals surface area contributed by atoms with Gasteiger partial charge < -0.3 is 10.6 Å². The van der Waals surface area contributed by atoms with Crippen molar-refractivity contribution in [3.05, 3.63) is 52.7 Å². The molecular weight excluding hydrogens is 316 g/mol. The number of hydrogen-bond acceptors (Lipinski definition) is 5. The van der Waals surface area contributed by atoms with Gasteiger partial charge in [-0.25, -0.2) is 9.50 Å². The summed E-state index contributed by atoms with van der Waals surface area (Å²) in [7, 11) is 0. The zero-order chi connectivity index (χ0) is 18.0. The Morgan fingerprint density at radius 1 is 1.20 bits per heavy atom. The number of nitrogens with one attached hydrogen (secondary N) is 2. The van der Waals surface area contributed by atoms with Gasteiger partial charge in [0.1, 0.15) is 5.56 Å². The van der Waals surface area contributed by atoms with E-state index in [1.807, 2.05) is 39.8 Å². The first kappa shape index (κ1) is 16.9. The van der Waals surface area contributed by atoms with Gasteiger partial charge in [0, 0.05) is 42.6 Å². The number of hydrogen-bond donors (Lipinski definition) is 2. The first-order valence-electron chi connectivity index (χ1n) is 8.23. The average molecular weight is 338 g/mol. The zero-order valence-electron chi connectivity index (χ0n) is 14.9. The summed E-state index contributed by atoms with van der Waals surface area (Å²) in [5.41, 5.74) is 5.73. The Balaban J connectivity index is 1.69. The first-order valence-corrected chi connectivity index (χ1v) is 8.23. The number of fused-ring (bicyclic) bond motifs is 1. The van der Waals surface area contributed by atoms with Gasteiger partial charge in [0.25, 0.3) is 5.91 Å². The highest BCUT2D eigenvalue weighted by Gasteiger charge is 2.19. The lowest BCUT2D eigenvalue weighted by molar-refractivity contribution is 0.0956. The van der Waals surface area contributed by atoms with Gasteiger partial charge >= 0.3 is 0 Å². The molecule has 0 aliphatic rings. The highest BCUT2D eigenvalue weighted by molar-refractivity contribution is 6.01. The SMILES string of the molecule is Cc1cc(C)n2nc(C)c(C(=O)NCCNc3ccncc3C)c2n1. The number of pyridine rings is 1. The quantitative estimate of drug-likeness (QED) is 0.697. The van der Waals surface area contributed by atoms with Gasteiger partial charge in [0.05, 0.1) is 5.69 Å². The fraction of sp³-hybridized carbons (Fsp3) is 0.333. The van der Waals surface area contributed by atoms with E-state index < -0.39 is 0 Å². The second-order valence-corrected chi connectivity index (χ2v) is 6.11. The van der Waals surface area contributed by atoms with Crippen LogP contribution in [0, 0.1) is 27.7 Å². The summed E-state index contributed by atoms with van der Waals surface area (Å²) >= 11 is 0. The van der Waals surface area contributed by atoms with Crippen LogP contribution in [-0.2, 0) is 0 Å². The molecule has 7 heteroatoms. The van der Waals surface area contributed by atoms with Crippen molar-refractivity contribution in [2.45, 2.75) is 27.7 Å². The lowest BCUT2D eigenvalue weighted by atomic mass is 10.2. The predicted molar refractivity (Wildman–Crippen MR) is 97.0 cm³/mol. The summed E-state index contributed by atoms with van der Waals surface area (Å²) in [6, 6.07) is 3.87. The molecule has 3 aromatic heterocycles. The van der Waals surface area contributed by atoms with Crippen LogP contribution >= 0.6 is 0 Å². The smallest absolute Gasteiger partial charge is 0.257 e. The molecule has 0 aliphatic carbocycles. The van der Waals surface area contributed by atoms with Crippen molar-refractivity contribution in [1.29, 1.82) is 0 Å². The Hall–Kier alpha value is -2.96. The maximum atomic E-state index is 12.6. The minimum absolute atomic E-state index is 0.154. The highest BCUT2D eigenvalue weighted by atomic mass is 16.1. The number of nitrogens with zero attached hydrogens (tertiary/aromatic N) is 4. The normalized spacial score (nSPS) is 10.9. The summed E-state index contributed by atoms with van der Waals surface area (Å²) in [6.45, 7) is 8.82. The third-order valence-electron chi connectivity index (χ3n) is 4.04. The maximum Gasteiger partial charge on any atom is 0.257 e. The van der Waals surface area contributed by atoms with Gasteiger partial charge in [0.2, 0.25) is 0 Å². The van der Waals surface area contributed by atoms with Crippen LogP contribution in [0.1, 0.15) is 33.0 Å². The summed E-state index contributed by atoms with van der Waals surface area (Å²) in [6.07, 6.45) is 3.55. The average Bonchev–Trinajstić information content (AvgIpc) is 2.89. The minimum Gasteiger partial charge on any atom is -0.383 e. The van der Waals surface area contributed by atoms with E-state index in [-0.39, 0.29) is 5.91 Å². The van der Waals surface area contributed by atoms with E-state index in [0.29, 0.717) is 30.0 Å². The molecule has 0 atom stereocenters. The van der Waals surface area contributed by atoms with Crippen LogP contribution in [0.15, 0.2) is 24.5 Å². The van der Waals surface area contributed by atoms with Crippen molar-refractivity contribution < 1.29 is 4.79 Å². The van der Waals surface area contributed by atoms with Crippen LogP contribution in [0.3, 0.4) is 0 Å². The molecule has 3 rings (SSSR count). The molecule has 0 fully saturated rings. The van der Waals surface area contributed by atoms with Crippen molar-refractivity contribution in [2.24, 2.45) is 0 Å². The van der Waals surface area contributed by atoms with Crippen LogP contribution in [-0.4, -0.2) is 38.6 Å². The van der Waals surface area contributed by atoms with Gasteiger partial charge in [-0.2, -0.15) is 5.10 Å². The number of aromatic nitrogens is 4. The van der Waals surface area contributed by atoms with E-state index in [1.54, 1.807) is 16.9 Å². The Bertz CT molecular complexity index is 931. The molecule has 130 valence electrons. The largest absolute Gasteiger partial charge is 0.383 e. The number of rotatable bonds is 5. The lowest BCUT2D eigenvalue weighted by Gasteiger charge is -2.09. The highest BCUT2D eigenvalue weighted by Crippen LogP contribution is 2.16. The first-order chi connectivity index (χ1) is 12.0. The summed E-state index contributed by atoms with van der Waals surface area (Å²) < 4.78 is 1.72. The monoisotopic (exact) mass is 338 g/mol. The standard InChI is InChI=1S/C18H22N6O/c1-11-10-19-6-5-15(11)20-7-8-21-18(25)16-14(4)23-24-13(3)9-12(2)22-17(16)24/h5-6,9-10H,7-8H2,1-4H3,(H,19,20)(H,21,25). The molecule has 0 radical (unpaired) electrons. The third kappa shape index (κ3) is 3.45. The lowest BCUT2D eigenvalue weighted by Crippen LogP contribution is -2.29. The Labute approximate surface area is 146 Å². The van der Waals surface area contributed by atoms with E-state index in [9.17, 15) is 4.79 Å². The molecule has 0 spiro atoms. The van der Waals surface area contributed by atoms with E-state index >= 15 is 0 Å². The molecule has 0 bridgehead atoms.